The third-order valence-corrected chi connectivity index (χ3v) is 6.24. The number of anilines is 1. The second kappa shape index (κ2) is 16.0. The molecule has 0 radical (unpaired) electrons. The first-order valence-electron chi connectivity index (χ1n) is 14.7. The van der Waals surface area contributed by atoms with E-state index in [2.05, 4.69) is 48.6 Å². The standard InChI is InChI=1S/C34H50N4O4/c1-24(39)36-30(22-26-14-10-9-11-15-26)32(41)38-29(16-12-13-21-35-25(2)42-34(6,7)8)31(40)37-28-19-17-27(18-20-28)23-33(3,4)5/h9-11,14-15,17-20,29-30,35H,2,12-13,16,21-23H2,1,3-8H3,(H,36,39)(H,37,40)(H,38,41). The van der Waals surface area contributed by atoms with Gasteiger partial charge in [-0.1, -0.05) is 63.2 Å². The van der Waals surface area contributed by atoms with Crippen molar-refractivity contribution >= 4 is 23.4 Å². The Hall–Kier alpha value is -3.81. The topological polar surface area (TPSA) is 109 Å². The molecule has 0 fully saturated rings. The van der Waals surface area contributed by atoms with Crippen molar-refractivity contribution in [2.45, 2.75) is 98.3 Å². The maximum Gasteiger partial charge on any atom is 0.246 e. The lowest BCUT2D eigenvalue weighted by Crippen LogP contribution is -2.53. The van der Waals surface area contributed by atoms with Crippen LogP contribution in [0.1, 0.15) is 78.9 Å². The molecule has 230 valence electrons. The summed E-state index contributed by atoms with van der Waals surface area (Å²) in [7, 11) is 0. The van der Waals surface area contributed by atoms with E-state index in [4.69, 9.17) is 4.74 Å². The van der Waals surface area contributed by atoms with Crippen LogP contribution in [0.15, 0.2) is 67.1 Å². The first-order valence-corrected chi connectivity index (χ1v) is 14.7. The zero-order chi connectivity index (χ0) is 31.3. The summed E-state index contributed by atoms with van der Waals surface area (Å²) in [5.41, 5.74) is 2.58. The molecule has 8 heteroatoms. The lowest BCUT2D eigenvalue weighted by molar-refractivity contribution is -0.130. The van der Waals surface area contributed by atoms with Crippen molar-refractivity contribution in [1.29, 1.82) is 0 Å². The van der Waals surface area contributed by atoms with Gasteiger partial charge < -0.3 is 26.0 Å². The molecule has 0 spiro atoms. The highest BCUT2D eigenvalue weighted by Crippen LogP contribution is 2.22. The van der Waals surface area contributed by atoms with Crippen LogP contribution in [-0.2, 0) is 32.0 Å². The summed E-state index contributed by atoms with van der Waals surface area (Å²) in [6, 6.07) is 15.7. The normalized spacial score (nSPS) is 12.9. The summed E-state index contributed by atoms with van der Waals surface area (Å²) < 4.78 is 5.70. The Morgan fingerprint density at radius 1 is 0.810 bits per heavy atom. The van der Waals surface area contributed by atoms with Gasteiger partial charge in [-0.05, 0) is 81.7 Å². The molecule has 0 aliphatic heterocycles. The zero-order valence-corrected chi connectivity index (χ0v) is 26.4. The fourth-order valence-corrected chi connectivity index (χ4v) is 4.50. The molecule has 0 aliphatic carbocycles. The van der Waals surface area contributed by atoms with Crippen molar-refractivity contribution in [2.24, 2.45) is 5.41 Å². The molecule has 0 saturated carbocycles. The predicted octanol–water partition coefficient (Wildman–Crippen LogP) is 5.49. The first kappa shape index (κ1) is 34.4. The van der Waals surface area contributed by atoms with E-state index in [0.29, 0.717) is 37.4 Å². The number of benzene rings is 2. The van der Waals surface area contributed by atoms with E-state index in [1.165, 1.54) is 12.5 Å². The van der Waals surface area contributed by atoms with Crippen molar-refractivity contribution in [2.75, 3.05) is 11.9 Å². The SMILES string of the molecule is C=C(NCCCCC(NC(=O)C(Cc1ccccc1)NC(C)=O)C(=O)Nc1ccc(CC(C)(C)C)cc1)OC(C)(C)C. The number of hydrogen-bond acceptors (Lipinski definition) is 5. The van der Waals surface area contributed by atoms with Crippen molar-refractivity contribution in [1.82, 2.24) is 16.0 Å². The van der Waals surface area contributed by atoms with Crippen LogP contribution in [0.4, 0.5) is 5.69 Å². The Labute approximate surface area is 252 Å². The molecule has 0 saturated heterocycles. The number of amides is 3. The smallest absolute Gasteiger partial charge is 0.246 e. The lowest BCUT2D eigenvalue weighted by Gasteiger charge is -2.24. The molecular weight excluding hydrogens is 528 g/mol. The molecule has 42 heavy (non-hydrogen) atoms. The third-order valence-electron chi connectivity index (χ3n) is 6.24. The van der Waals surface area contributed by atoms with Gasteiger partial charge in [-0.25, -0.2) is 0 Å². The van der Waals surface area contributed by atoms with E-state index >= 15 is 0 Å². The molecule has 2 unspecified atom stereocenters. The second-order valence-corrected chi connectivity index (χ2v) is 13.0. The maximum absolute atomic E-state index is 13.4. The van der Waals surface area contributed by atoms with Crippen LogP contribution >= 0.6 is 0 Å². The van der Waals surface area contributed by atoms with E-state index in [-0.39, 0.29) is 22.8 Å². The van der Waals surface area contributed by atoms with Gasteiger partial charge in [0.2, 0.25) is 17.7 Å². The summed E-state index contributed by atoms with van der Waals surface area (Å²) in [4.78, 5) is 38.7. The fraction of sp³-hybridized carbons (Fsp3) is 0.500. The minimum atomic E-state index is -0.809. The monoisotopic (exact) mass is 578 g/mol. The quantitative estimate of drug-likeness (QED) is 0.165. The first-order chi connectivity index (χ1) is 19.6. The van der Waals surface area contributed by atoms with Crippen LogP contribution in [0.3, 0.4) is 0 Å². The van der Waals surface area contributed by atoms with E-state index in [1.54, 1.807) is 0 Å². The van der Waals surface area contributed by atoms with Crippen LogP contribution < -0.4 is 21.3 Å². The maximum atomic E-state index is 13.4. The summed E-state index contributed by atoms with van der Waals surface area (Å²) in [6.07, 6.45) is 3.07. The summed E-state index contributed by atoms with van der Waals surface area (Å²) in [6.45, 7) is 18.3. The van der Waals surface area contributed by atoms with Crippen molar-refractivity contribution in [3.8, 4) is 0 Å². The highest BCUT2D eigenvalue weighted by Gasteiger charge is 2.26. The molecule has 2 rings (SSSR count). The van der Waals surface area contributed by atoms with E-state index < -0.39 is 18.0 Å². The van der Waals surface area contributed by atoms with Crippen molar-refractivity contribution in [3.63, 3.8) is 0 Å². The van der Waals surface area contributed by atoms with Gasteiger partial charge >= 0.3 is 0 Å². The number of hydrogen-bond donors (Lipinski definition) is 4. The predicted molar refractivity (Wildman–Crippen MR) is 170 cm³/mol. The molecule has 2 atom stereocenters. The molecule has 0 heterocycles. The Kier molecular flexibility index (Phi) is 13.1. The van der Waals surface area contributed by atoms with E-state index in [9.17, 15) is 14.4 Å². The largest absolute Gasteiger partial charge is 0.474 e. The Balaban J connectivity index is 2.10. The molecule has 2 aromatic rings. The number of ether oxygens (including phenoxy) is 1. The minimum absolute atomic E-state index is 0.157. The van der Waals surface area contributed by atoms with Gasteiger partial charge in [0.1, 0.15) is 17.7 Å². The van der Waals surface area contributed by atoms with Gasteiger partial charge in [0.25, 0.3) is 0 Å². The van der Waals surface area contributed by atoms with Gasteiger partial charge in [-0.2, -0.15) is 0 Å². The number of carbonyl (C=O) groups is 3. The average Bonchev–Trinajstić information content (AvgIpc) is 2.87. The molecule has 2 aromatic carbocycles. The molecule has 8 nitrogen and oxygen atoms in total. The molecule has 4 N–H and O–H groups in total. The lowest BCUT2D eigenvalue weighted by atomic mass is 9.88. The van der Waals surface area contributed by atoms with Gasteiger partial charge in [-0.3, -0.25) is 14.4 Å². The molecule has 0 aromatic heterocycles. The van der Waals surface area contributed by atoms with Gasteiger partial charge in [0, 0.05) is 25.6 Å². The summed E-state index contributed by atoms with van der Waals surface area (Å²) in [5.74, 6) is -0.522. The van der Waals surface area contributed by atoms with Crippen LogP contribution in [0.25, 0.3) is 0 Å². The number of nitrogens with one attached hydrogen (secondary N) is 4. The van der Waals surface area contributed by atoms with Crippen molar-refractivity contribution in [3.05, 3.63) is 78.2 Å². The molecule has 3 amide bonds. The Morgan fingerprint density at radius 3 is 2.02 bits per heavy atom. The van der Waals surface area contributed by atoms with Gasteiger partial charge in [-0.15, -0.1) is 0 Å². The Morgan fingerprint density at radius 2 is 1.45 bits per heavy atom. The number of rotatable bonds is 15. The van der Waals surface area contributed by atoms with E-state index in [0.717, 1.165) is 18.4 Å². The number of unbranched alkanes of at least 4 members (excludes halogenated alkanes) is 1. The van der Waals surface area contributed by atoms with Crippen LogP contribution in [0, 0.1) is 5.41 Å². The molecular formula is C34H50N4O4. The summed E-state index contributed by atoms with van der Waals surface area (Å²) in [5, 5.41) is 11.8. The van der Waals surface area contributed by atoms with Crippen LogP contribution in [0.2, 0.25) is 0 Å². The third kappa shape index (κ3) is 14.2. The van der Waals surface area contributed by atoms with E-state index in [1.807, 2.05) is 75.4 Å². The van der Waals surface area contributed by atoms with Crippen LogP contribution in [-0.4, -0.2) is 42.0 Å². The minimum Gasteiger partial charge on any atom is -0.474 e. The van der Waals surface area contributed by atoms with Gasteiger partial charge in [0.15, 0.2) is 5.88 Å². The number of carbonyl (C=O) groups excluding carboxylic acids is 3. The summed E-state index contributed by atoms with van der Waals surface area (Å²) >= 11 is 0. The average molecular weight is 579 g/mol. The molecule has 0 aliphatic rings. The Bertz CT molecular complexity index is 1160. The highest BCUT2D eigenvalue weighted by molar-refractivity contribution is 5.98. The highest BCUT2D eigenvalue weighted by atomic mass is 16.5. The fourth-order valence-electron chi connectivity index (χ4n) is 4.50. The molecule has 0 bridgehead atoms. The zero-order valence-electron chi connectivity index (χ0n) is 26.4. The van der Waals surface area contributed by atoms with Crippen molar-refractivity contribution < 1.29 is 19.1 Å². The van der Waals surface area contributed by atoms with Gasteiger partial charge in [0.05, 0.1) is 0 Å². The van der Waals surface area contributed by atoms with Crippen LogP contribution in [0.5, 0.6) is 0 Å². The second-order valence-electron chi connectivity index (χ2n) is 13.0.